The van der Waals surface area contributed by atoms with Gasteiger partial charge in [0, 0.05) is 18.2 Å². The normalized spacial score (nSPS) is 20.1. The predicted molar refractivity (Wildman–Crippen MR) is 111 cm³/mol. The first-order valence-corrected chi connectivity index (χ1v) is 10.3. The average molecular weight is 392 g/mol. The second-order valence-corrected chi connectivity index (χ2v) is 8.41. The van der Waals surface area contributed by atoms with E-state index in [1.54, 1.807) is 19.1 Å². The molecule has 1 aliphatic heterocycles. The molecule has 0 atom stereocenters. The minimum absolute atomic E-state index is 0.00804. The number of hydrogen-bond donors (Lipinski definition) is 0. The minimum Gasteiger partial charge on any atom is -0.497 e. The van der Waals surface area contributed by atoms with Crippen LogP contribution in [0.3, 0.4) is 0 Å². The number of methoxy groups -OCH3 is 2. The average Bonchev–Trinajstić information content (AvgIpc) is 2.94. The largest absolute Gasteiger partial charge is 0.497 e. The van der Waals surface area contributed by atoms with Crippen LogP contribution < -0.4 is 9.47 Å². The molecule has 0 N–H and O–H groups in total. The highest BCUT2D eigenvalue weighted by Crippen LogP contribution is 2.36. The van der Waals surface area contributed by atoms with Crippen LogP contribution in [-0.2, 0) is 4.79 Å². The molecular weight excluding hydrogens is 366 g/mol. The molecule has 0 spiro atoms. The first-order chi connectivity index (χ1) is 12.6. The van der Waals surface area contributed by atoms with Gasteiger partial charge >= 0.3 is 0 Å². The Morgan fingerprint density at radius 3 is 2.69 bits per heavy atom. The minimum atomic E-state index is 0.00804. The Morgan fingerprint density at radius 2 is 2.00 bits per heavy atom. The maximum Gasteiger partial charge on any atom is 0.266 e. The van der Waals surface area contributed by atoms with Crippen LogP contribution in [0.5, 0.6) is 11.5 Å². The second kappa shape index (κ2) is 8.91. The van der Waals surface area contributed by atoms with Crippen molar-refractivity contribution < 1.29 is 14.3 Å². The van der Waals surface area contributed by atoms with E-state index < -0.39 is 0 Å². The zero-order valence-corrected chi connectivity index (χ0v) is 17.0. The molecule has 1 saturated carbocycles. The van der Waals surface area contributed by atoms with Gasteiger partial charge in [-0.05, 0) is 30.5 Å². The Bertz CT molecular complexity index is 711. The molecule has 1 amide bonds. The molecule has 3 rings (SSSR count). The molecule has 2 fully saturated rings. The number of carbonyl (C=O) groups is 1. The Hall–Kier alpha value is -1.53. The molecule has 0 bridgehead atoms. The van der Waals surface area contributed by atoms with Gasteiger partial charge in [0.1, 0.15) is 15.8 Å². The van der Waals surface area contributed by atoms with Gasteiger partial charge in [0.15, 0.2) is 0 Å². The fraction of sp³-hybridized carbons (Fsp3) is 0.500. The van der Waals surface area contributed by atoms with Crippen molar-refractivity contribution in [2.45, 2.75) is 38.5 Å². The van der Waals surface area contributed by atoms with Crippen LogP contribution in [0.4, 0.5) is 0 Å². The van der Waals surface area contributed by atoms with E-state index in [-0.39, 0.29) is 5.91 Å². The summed E-state index contributed by atoms with van der Waals surface area (Å²) in [4.78, 5) is 15.2. The van der Waals surface area contributed by atoms with Gasteiger partial charge in [-0.2, -0.15) is 0 Å². The van der Waals surface area contributed by atoms with Crippen molar-refractivity contribution in [3.63, 3.8) is 0 Å². The summed E-state index contributed by atoms with van der Waals surface area (Å²) in [6.07, 6.45) is 9.47. The van der Waals surface area contributed by atoms with Gasteiger partial charge in [-0.1, -0.05) is 56.1 Å². The Labute approximate surface area is 164 Å². The number of amides is 1. The molecule has 1 aliphatic carbocycles. The first kappa shape index (κ1) is 19.2. The Morgan fingerprint density at radius 1 is 1.23 bits per heavy atom. The highest BCUT2D eigenvalue weighted by Gasteiger charge is 2.32. The maximum atomic E-state index is 12.8. The van der Waals surface area contributed by atoms with E-state index >= 15 is 0 Å². The summed E-state index contributed by atoms with van der Waals surface area (Å²) >= 11 is 6.83. The van der Waals surface area contributed by atoms with Crippen LogP contribution in [0.2, 0.25) is 0 Å². The summed E-state index contributed by atoms with van der Waals surface area (Å²) in [5, 5.41) is 0. The van der Waals surface area contributed by atoms with Gasteiger partial charge in [-0.15, -0.1) is 0 Å². The molecule has 6 heteroatoms. The topological polar surface area (TPSA) is 38.8 Å². The highest BCUT2D eigenvalue weighted by atomic mass is 32.2. The van der Waals surface area contributed by atoms with Crippen LogP contribution in [-0.4, -0.2) is 35.9 Å². The third-order valence-corrected chi connectivity index (χ3v) is 6.46. The van der Waals surface area contributed by atoms with Crippen LogP contribution in [0.1, 0.15) is 44.1 Å². The maximum absolute atomic E-state index is 12.8. The van der Waals surface area contributed by atoms with Crippen LogP contribution in [0.25, 0.3) is 6.08 Å². The van der Waals surface area contributed by atoms with Gasteiger partial charge in [0.25, 0.3) is 5.91 Å². The van der Waals surface area contributed by atoms with Crippen molar-refractivity contribution in [1.29, 1.82) is 0 Å². The molecule has 1 saturated heterocycles. The quantitative estimate of drug-likeness (QED) is 0.511. The molecule has 1 aromatic rings. The molecule has 4 nitrogen and oxygen atoms in total. The second-order valence-electron chi connectivity index (χ2n) is 6.73. The highest BCUT2D eigenvalue weighted by molar-refractivity contribution is 8.26. The van der Waals surface area contributed by atoms with E-state index in [1.807, 2.05) is 24.3 Å². The zero-order chi connectivity index (χ0) is 18.5. The van der Waals surface area contributed by atoms with Crippen LogP contribution in [0.15, 0.2) is 23.1 Å². The van der Waals surface area contributed by atoms with Crippen molar-refractivity contribution in [1.82, 2.24) is 4.90 Å². The fourth-order valence-corrected chi connectivity index (χ4v) is 4.86. The number of nitrogens with zero attached hydrogens (tertiary/aromatic N) is 1. The lowest BCUT2D eigenvalue weighted by Gasteiger charge is -2.23. The lowest BCUT2D eigenvalue weighted by molar-refractivity contribution is -0.122. The van der Waals surface area contributed by atoms with Crippen LogP contribution in [0, 0.1) is 5.92 Å². The van der Waals surface area contributed by atoms with E-state index in [1.165, 1.54) is 43.9 Å². The van der Waals surface area contributed by atoms with E-state index in [0.29, 0.717) is 15.0 Å². The summed E-state index contributed by atoms with van der Waals surface area (Å²) in [5.74, 6) is 2.14. The molecule has 1 heterocycles. The van der Waals surface area contributed by atoms with Crippen molar-refractivity contribution in [3.05, 3.63) is 28.7 Å². The zero-order valence-electron chi connectivity index (χ0n) is 15.3. The summed E-state index contributed by atoms with van der Waals surface area (Å²) in [5.41, 5.74) is 0.848. The fourth-order valence-electron chi connectivity index (χ4n) is 3.56. The lowest BCUT2D eigenvalue weighted by Crippen LogP contribution is -2.30. The van der Waals surface area contributed by atoms with E-state index in [9.17, 15) is 4.79 Å². The number of thioether (sulfide) groups is 1. The van der Waals surface area contributed by atoms with Gasteiger partial charge in [0.2, 0.25) is 0 Å². The lowest BCUT2D eigenvalue weighted by atomic mass is 9.87. The van der Waals surface area contributed by atoms with Gasteiger partial charge in [0.05, 0.1) is 19.1 Å². The molecule has 0 unspecified atom stereocenters. The summed E-state index contributed by atoms with van der Waals surface area (Å²) in [7, 11) is 3.23. The van der Waals surface area contributed by atoms with Gasteiger partial charge in [-0.25, -0.2) is 0 Å². The Kier molecular flexibility index (Phi) is 6.59. The SMILES string of the molecule is COc1ccc(C=C2SC(=S)N(CCC3CCCCC3)C2=O)c(OC)c1. The van der Waals surface area contributed by atoms with Gasteiger partial charge in [-0.3, -0.25) is 9.69 Å². The number of hydrogen-bond acceptors (Lipinski definition) is 5. The van der Waals surface area contributed by atoms with E-state index in [0.717, 1.165) is 30.2 Å². The van der Waals surface area contributed by atoms with E-state index in [2.05, 4.69) is 0 Å². The third kappa shape index (κ3) is 4.41. The molecular formula is C20H25NO3S2. The standard InChI is InChI=1S/C20H25NO3S2/c1-23-16-9-8-15(17(13-16)24-2)12-18-19(22)21(20(25)26-18)11-10-14-6-4-3-5-7-14/h8-9,12-14H,3-7,10-11H2,1-2H3. The van der Waals surface area contributed by atoms with Crippen molar-refractivity contribution in [2.75, 3.05) is 20.8 Å². The number of thiocarbonyl (C=S) groups is 1. The van der Waals surface area contributed by atoms with Crippen LogP contribution >= 0.6 is 24.0 Å². The monoisotopic (exact) mass is 391 g/mol. The number of rotatable bonds is 6. The number of ether oxygens (including phenoxy) is 2. The molecule has 1 aromatic carbocycles. The molecule has 140 valence electrons. The van der Waals surface area contributed by atoms with Crippen molar-refractivity contribution in [3.8, 4) is 11.5 Å². The molecule has 0 radical (unpaired) electrons. The van der Waals surface area contributed by atoms with Crippen molar-refractivity contribution >= 4 is 40.3 Å². The predicted octanol–water partition coefficient (Wildman–Crippen LogP) is 4.88. The smallest absolute Gasteiger partial charge is 0.266 e. The summed E-state index contributed by atoms with van der Waals surface area (Å²) in [6, 6.07) is 5.57. The van der Waals surface area contributed by atoms with Gasteiger partial charge < -0.3 is 9.47 Å². The number of carbonyl (C=O) groups excluding carboxylic acids is 1. The summed E-state index contributed by atoms with van der Waals surface area (Å²) < 4.78 is 11.3. The summed E-state index contributed by atoms with van der Waals surface area (Å²) in [6.45, 7) is 0.729. The first-order valence-electron chi connectivity index (χ1n) is 9.09. The molecule has 26 heavy (non-hydrogen) atoms. The van der Waals surface area contributed by atoms with E-state index in [4.69, 9.17) is 21.7 Å². The number of benzene rings is 1. The van der Waals surface area contributed by atoms with Crippen molar-refractivity contribution in [2.24, 2.45) is 5.92 Å². The molecule has 2 aliphatic rings. The third-order valence-electron chi connectivity index (χ3n) is 5.09. The Balaban J connectivity index is 1.70. The molecule has 0 aromatic heterocycles.